The van der Waals surface area contributed by atoms with Crippen molar-refractivity contribution in [2.45, 2.75) is 52.1 Å². The first kappa shape index (κ1) is 18.6. The van der Waals surface area contributed by atoms with Gasteiger partial charge in [0.25, 0.3) is 0 Å². The zero-order valence-electron chi connectivity index (χ0n) is 14.5. The Bertz CT molecular complexity index is 472. The Labute approximate surface area is 133 Å². The molecule has 3 nitrogen and oxygen atoms in total. The molecule has 0 amide bonds. The summed E-state index contributed by atoms with van der Waals surface area (Å²) in [5.41, 5.74) is 1.89. The smallest absolute Gasteiger partial charge is 0.346 e. The summed E-state index contributed by atoms with van der Waals surface area (Å²) in [6, 6.07) is 5.83. The van der Waals surface area contributed by atoms with Crippen LogP contribution in [0.15, 0.2) is 18.2 Å². The minimum absolute atomic E-state index is 0.146. The van der Waals surface area contributed by atoms with E-state index in [4.69, 9.17) is 4.74 Å². The summed E-state index contributed by atoms with van der Waals surface area (Å²) >= 11 is 0. The highest BCUT2D eigenvalue weighted by atomic mass is 19.1. The second-order valence-electron chi connectivity index (χ2n) is 6.56. The van der Waals surface area contributed by atoms with E-state index in [1.54, 1.807) is 0 Å². The first-order valence-electron chi connectivity index (χ1n) is 7.87. The third kappa shape index (κ3) is 5.09. The van der Waals surface area contributed by atoms with Gasteiger partial charge in [-0.05, 0) is 37.1 Å². The summed E-state index contributed by atoms with van der Waals surface area (Å²) in [6.45, 7) is 8.66. The lowest BCUT2D eigenvalue weighted by molar-refractivity contribution is -0.140. The van der Waals surface area contributed by atoms with Crippen LogP contribution in [0.1, 0.15) is 57.1 Å². The maximum atomic E-state index is 14.0. The highest BCUT2D eigenvalue weighted by Crippen LogP contribution is 2.34. The van der Waals surface area contributed by atoms with E-state index < -0.39 is 12.1 Å². The van der Waals surface area contributed by atoms with Gasteiger partial charge >= 0.3 is 5.97 Å². The van der Waals surface area contributed by atoms with E-state index in [0.29, 0.717) is 12.3 Å². The van der Waals surface area contributed by atoms with Gasteiger partial charge in [-0.25, -0.2) is 9.18 Å². The van der Waals surface area contributed by atoms with Gasteiger partial charge in [0.15, 0.2) is 6.17 Å². The molecule has 1 aromatic rings. The first-order chi connectivity index (χ1) is 10.2. The summed E-state index contributed by atoms with van der Waals surface area (Å²) in [5, 5.41) is 0. The normalized spacial score (nSPS) is 13.0. The lowest BCUT2D eigenvalue weighted by atomic mass is 9.94. The van der Waals surface area contributed by atoms with Crippen LogP contribution in [0.5, 0.6) is 5.75 Å². The molecule has 0 saturated heterocycles. The van der Waals surface area contributed by atoms with Crippen LogP contribution in [-0.2, 0) is 4.79 Å². The molecule has 1 atom stereocenters. The minimum atomic E-state index is -1.59. The molecule has 0 aliphatic heterocycles. The van der Waals surface area contributed by atoms with Crippen LogP contribution < -0.4 is 4.74 Å². The molecule has 1 rings (SSSR count). The van der Waals surface area contributed by atoms with E-state index in [1.165, 1.54) is 0 Å². The van der Waals surface area contributed by atoms with Crippen LogP contribution in [0.2, 0.25) is 0 Å². The van der Waals surface area contributed by atoms with E-state index in [0.717, 1.165) is 11.1 Å². The predicted molar refractivity (Wildman–Crippen MR) is 88.3 cm³/mol. The number of esters is 1. The monoisotopic (exact) mass is 309 g/mol. The second kappa shape index (κ2) is 8.28. The molecule has 0 spiro atoms. The number of ether oxygens (including phenoxy) is 1. The average Bonchev–Trinajstić information content (AvgIpc) is 2.44. The van der Waals surface area contributed by atoms with Gasteiger partial charge in [0.05, 0.1) is 0 Å². The highest BCUT2D eigenvalue weighted by Gasteiger charge is 2.24. The fourth-order valence-electron chi connectivity index (χ4n) is 2.25. The fourth-order valence-corrected chi connectivity index (χ4v) is 2.25. The lowest BCUT2D eigenvalue weighted by Gasteiger charge is -2.20. The van der Waals surface area contributed by atoms with Crippen molar-refractivity contribution in [3.63, 3.8) is 0 Å². The third-order valence-corrected chi connectivity index (χ3v) is 3.61. The van der Waals surface area contributed by atoms with Crippen molar-refractivity contribution >= 4 is 5.97 Å². The van der Waals surface area contributed by atoms with Gasteiger partial charge in [0, 0.05) is 13.0 Å². The highest BCUT2D eigenvalue weighted by molar-refractivity contribution is 5.78. The van der Waals surface area contributed by atoms with Crippen LogP contribution in [0.25, 0.3) is 0 Å². The molecule has 4 heteroatoms. The molecule has 0 heterocycles. The Hall–Kier alpha value is -1.42. The summed E-state index contributed by atoms with van der Waals surface area (Å²) in [4.78, 5) is 13.9. The van der Waals surface area contributed by atoms with Crippen LogP contribution in [-0.4, -0.2) is 37.7 Å². The predicted octanol–water partition coefficient (Wildman–Crippen LogP) is 4.13. The molecule has 124 valence electrons. The molecule has 0 aliphatic carbocycles. The van der Waals surface area contributed by atoms with Crippen LogP contribution in [0.3, 0.4) is 0 Å². The molecule has 22 heavy (non-hydrogen) atoms. The van der Waals surface area contributed by atoms with E-state index in [1.807, 2.05) is 64.9 Å². The fraction of sp³-hybridized carbons (Fsp3) is 0.611. The molecule has 0 bridgehead atoms. The number of carbonyl (C=O) groups excluding carboxylic acids is 1. The quantitative estimate of drug-likeness (QED) is 0.560. The number of benzene rings is 1. The Morgan fingerprint density at radius 2 is 1.64 bits per heavy atom. The van der Waals surface area contributed by atoms with Crippen molar-refractivity contribution in [3.05, 3.63) is 29.3 Å². The third-order valence-electron chi connectivity index (χ3n) is 3.61. The van der Waals surface area contributed by atoms with Gasteiger partial charge < -0.3 is 9.64 Å². The second-order valence-corrected chi connectivity index (χ2v) is 6.56. The largest absolute Gasteiger partial charge is 0.424 e. The van der Waals surface area contributed by atoms with Gasteiger partial charge in [-0.1, -0.05) is 45.9 Å². The molecular weight excluding hydrogens is 281 g/mol. The molecule has 0 N–H and O–H groups in total. The van der Waals surface area contributed by atoms with Gasteiger partial charge in [0.1, 0.15) is 5.75 Å². The van der Waals surface area contributed by atoms with Crippen molar-refractivity contribution < 1.29 is 13.9 Å². The topological polar surface area (TPSA) is 29.5 Å². The lowest BCUT2D eigenvalue weighted by Crippen LogP contribution is -2.27. The van der Waals surface area contributed by atoms with Crippen LogP contribution >= 0.6 is 0 Å². The van der Waals surface area contributed by atoms with Crippen molar-refractivity contribution in [1.82, 2.24) is 4.90 Å². The van der Waals surface area contributed by atoms with Crippen molar-refractivity contribution in [3.8, 4) is 5.75 Å². The van der Waals surface area contributed by atoms with Crippen molar-refractivity contribution in [1.29, 1.82) is 0 Å². The zero-order valence-corrected chi connectivity index (χ0v) is 14.5. The summed E-state index contributed by atoms with van der Waals surface area (Å²) in [7, 11) is 3.70. The van der Waals surface area contributed by atoms with E-state index in [-0.39, 0.29) is 18.3 Å². The number of halogens is 1. The molecule has 0 aliphatic rings. The maximum absolute atomic E-state index is 14.0. The summed E-state index contributed by atoms with van der Waals surface area (Å²) in [5.74, 6) is 0.157. The van der Waals surface area contributed by atoms with Gasteiger partial charge in [0.2, 0.25) is 0 Å². The zero-order chi connectivity index (χ0) is 16.9. The molecule has 0 aromatic heterocycles. The number of hydrogen-bond acceptors (Lipinski definition) is 3. The number of rotatable bonds is 7. The van der Waals surface area contributed by atoms with E-state index in [9.17, 15) is 9.18 Å². The van der Waals surface area contributed by atoms with Crippen molar-refractivity contribution in [2.75, 3.05) is 20.6 Å². The summed E-state index contributed by atoms with van der Waals surface area (Å²) in [6.07, 6.45) is -1.45. The van der Waals surface area contributed by atoms with E-state index >= 15 is 0 Å². The Morgan fingerprint density at radius 3 is 2.05 bits per heavy atom. The Balaban J connectivity index is 2.97. The van der Waals surface area contributed by atoms with Gasteiger partial charge in [-0.15, -0.1) is 0 Å². The van der Waals surface area contributed by atoms with Crippen LogP contribution in [0.4, 0.5) is 4.39 Å². The number of nitrogens with zero attached hydrogens (tertiary/aromatic N) is 1. The maximum Gasteiger partial charge on any atom is 0.346 e. The SMILES string of the molecule is CC(C)c1cccc(C(C)C)c1OC(=O)C(F)CCN(C)C. The molecule has 0 radical (unpaired) electrons. The number of alkyl halides is 1. The van der Waals surface area contributed by atoms with Crippen molar-refractivity contribution in [2.24, 2.45) is 0 Å². The summed E-state index contributed by atoms with van der Waals surface area (Å²) < 4.78 is 19.5. The minimum Gasteiger partial charge on any atom is -0.424 e. The molecular formula is C18H28FNO2. The molecule has 0 fully saturated rings. The number of carbonyl (C=O) groups is 1. The van der Waals surface area contributed by atoms with Gasteiger partial charge in [-0.2, -0.15) is 0 Å². The number of para-hydroxylation sites is 1. The Kier molecular flexibility index (Phi) is 7.01. The number of hydrogen-bond donors (Lipinski definition) is 0. The first-order valence-corrected chi connectivity index (χ1v) is 7.87. The Morgan fingerprint density at radius 1 is 1.14 bits per heavy atom. The standard InChI is InChI=1S/C18H28FNO2/c1-12(2)14-8-7-9-15(13(3)4)17(14)22-18(21)16(19)10-11-20(5)6/h7-9,12-13,16H,10-11H2,1-6H3. The van der Waals surface area contributed by atoms with Crippen LogP contribution in [0, 0.1) is 0 Å². The average molecular weight is 309 g/mol. The van der Waals surface area contributed by atoms with Gasteiger partial charge in [-0.3, -0.25) is 0 Å². The molecule has 1 unspecified atom stereocenters. The van der Waals surface area contributed by atoms with E-state index in [2.05, 4.69) is 0 Å². The molecule has 1 aromatic carbocycles. The molecule has 0 saturated carbocycles.